The molecule has 3 rings (SSSR count). The number of aromatic nitrogens is 3. The number of ether oxygens (including phenoxy) is 3. The number of methoxy groups -OCH3 is 3. The average molecular weight is 450 g/mol. The predicted molar refractivity (Wildman–Crippen MR) is 115 cm³/mol. The van der Waals surface area contributed by atoms with Crippen LogP contribution in [0.3, 0.4) is 0 Å². The van der Waals surface area contributed by atoms with Crippen molar-refractivity contribution in [2.75, 3.05) is 26.8 Å². The molecule has 0 aliphatic carbocycles. The molecule has 0 fully saturated rings. The SMILES string of the molecule is COc1ccc(-c2nnc(N/N=C/c3cc(Cl)c(OC)c(Cl)c3OC)[nH]c2=O)cc1. The number of hydrazone groups is 1. The first-order valence-corrected chi connectivity index (χ1v) is 9.24. The minimum atomic E-state index is -0.430. The van der Waals surface area contributed by atoms with E-state index in [2.05, 4.69) is 25.7 Å². The lowest BCUT2D eigenvalue weighted by Gasteiger charge is -2.12. The molecule has 0 saturated carbocycles. The lowest BCUT2D eigenvalue weighted by Crippen LogP contribution is -2.15. The Hall–Kier alpha value is -3.30. The number of hydrogen-bond acceptors (Lipinski definition) is 8. The smallest absolute Gasteiger partial charge is 0.279 e. The third-order valence-electron chi connectivity index (χ3n) is 4.00. The van der Waals surface area contributed by atoms with Gasteiger partial charge >= 0.3 is 0 Å². The lowest BCUT2D eigenvalue weighted by molar-refractivity contribution is 0.394. The van der Waals surface area contributed by atoms with E-state index in [9.17, 15) is 4.79 Å². The van der Waals surface area contributed by atoms with Gasteiger partial charge in [-0.2, -0.15) is 5.10 Å². The molecule has 3 aromatic rings. The predicted octanol–water partition coefficient (Wildman–Crippen LogP) is 3.61. The summed E-state index contributed by atoms with van der Waals surface area (Å²) in [6.45, 7) is 0. The van der Waals surface area contributed by atoms with Gasteiger partial charge in [-0.25, -0.2) is 5.43 Å². The molecule has 0 aliphatic rings. The first-order chi connectivity index (χ1) is 14.5. The number of anilines is 1. The fourth-order valence-corrected chi connectivity index (χ4v) is 3.28. The lowest BCUT2D eigenvalue weighted by atomic mass is 10.1. The van der Waals surface area contributed by atoms with Gasteiger partial charge in [-0.1, -0.05) is 23.2 Å². The third kappa shape index (κ3) is 4.47. The third-order valence-corrected chi connectivity index (χ3v) is 4.63. The van der Waals surface area contributed by atoms with Crippen molar-refractivity contribution in [3.05, 3.63) is 56.3 Å². The van der Waals surface area contributed by atoms with Crippen molar-refractivity contribution in [1.82, 2.24) is 15.2 Å². The van der Waals surface area contributed by atoms with E-state index in [-0.39, 0.29) is 16.7 Å². The van der Waals surface area contributed by atoms with Gasteiger partial charge in [0.25, 0.3) is 5.56 Å². The molecule has 11 heteroatoms. The molecule has 156 valence electrons. The van der Waals surface area contributed by atoms with Crippen LogP contribution in [0.5, 0.6) is 17.2 Å². The quantitative estimate of drug-likeness (QED) is 0.418. The van der Waals surface area contributed by atoms with Crippen molar-refractivity contribution in [2.45, 2.75) is 0 Å². The van der Waals surface area contributed by atoms with Crippen molar-refractivity contribution < 1.29 is 14.2 Å². The van der Waals surface area contributed by atoms with Crippen LogP contribution in [0.2, 0.25) is 10.0 Å². The summed E-state index contributed by atoms with van der Waals surface area (Å²) in [5.74, 6) is 1.35. The summed E-state index contributed by atoms with van der Waals surface area (Å²) in [5.41, 5.74) is 3.43. The van der Waals surface area contributed by atoms with E-state index in [1.165, 1.54) is 20.4 Å². The van der Waals surface area contributed by atoms with Gasteiger partial charge in [0.05, 0.1) is 32.6 Å². The second kappa shape index (κ2) is 9.47. The fourth-order valence-electron chi connectivity index (χ4n) is 2.58. The zero-order valence-electron chi connectivity index (χ0n) is 16.2. The Labute approximate surface area is 181 Å². The van der Waals surface area contributed by atoms with Crippen molar-refractivity contribution in [1.29, 1.82) is 0 Å². The topological polar surface area (TPSA) is 111 Å². The van der Waals surface area contributed by atoms with Gasteiger partial charge in [0.15, 0.2) is 11.4 Å². The van der Waals surface area contributed by atoms with Gasteiger partial charge in [-0.05, 0) is 30.3 Å². The van der Waals surface area contributed by atoms with E-state index in [4.69, 9.17) is 37.4 Å². The first kappa shape index (κ1) is 21.4. The van der Waals surface area contributed by atoms with Gasteiger partial charge in [-0.15, -0.1) is 10.2 Å². The molecule has 1 heterocycles. The number of hydrogen-bond donors (Lipinski definition) is 2. The Bertz CT molecular complexity index is 1130. The summed E-state index contributed by atoms with van der Waals surface area (Å²) in [4.78, 5) is 14.9. The molecule has 2 N–H and O–H groups in total. The highest BCUT2D eigenvalue weighted by Crippen LogP contribution is 2.41. The van der Waals surface area contributed by atoms with Crippen LogP contribution in [-0.4, -0.2) is 42.7 Å². The maximum absolute atomic E-state index is 12.3. The fraction of sp³-hybridized carbons (Fsp3) is 0.158. The monoisotopic (exact) mass is 449 g/mol. The Balaban J connectivity index is 1.80. The molecule has 0 unspecified atom stereocenters. The number of nitrogens with one attached hydrogen (secondary N) is 2. The maximum atomic E-state index is 12.3. The Morgan fingerprint density at radius 2 is 1.73 bits per heavy atom. The van der Waals surface area contributed by atoms with Crippen LogP contribution in [0.1, 0.15) is 5.56 Å². The van der Waals surface area contributed by atoms with Crippen LogP contribution in [0.15, 0.2) is 40.2 Å². The number of benzene rings is 2. The highest BCUT2D eigenvalue weighted by molar-refractivity contribution is 6.38. The van der Waals surface area contributed by atoms with E-state index in [0.29, 0.717) is 33.4 Å². The molecular formula is C19H17Cl2N5O4. The van der Waals surface area contributed by atoms with Crippen molar-refractivity contribution >= 4 is 35.4 Å². The van der Waals surface area contributed by atoms with Gasteiger partial charge in [0.2, 0.25) is 5.95 Å². The second-order valence-corrected chi connectivity index (χ2v) is 6.56. The normalized spacial score (nSPS) is 10.8. The Morgan fingerprint density at radius 1 is 1.03 bits per heavy atom. The standard InChI is InChI=1S/C19H17Cl2N5O4/c1-28-12-6-4-10(5-7-12)15-18(27)23-19(26-24-15)25-22-9-11-8-13(20)17(30-3)14(21)16(11)29-2/h4-9H,1-3H3,(H2,23,25,26,27)/b22-9+. The Kier molecular flexibility index (Phi) is 6.76. The van der Waals surface area contributed by atoms with E-state index >= 15 is 0 Å². The number of nitrogens with zero attached hydrogens (tertiary/aromatic N) is 3. The van der Waals surface area contributed by atoms with E-state index < -0.39 is 5.56 Å². The van der Waals surface area contributed by atoms with Crippen LogP contribution >= 0.6 is 23.2 Å². The van der Waals surface area contributed by atoms with Crippen LogP contribution in [0.4, 0.5) is 5.95 Å². The molecule has 1 aromatic heterocycles. The van der Waals surface area contributed by atoms with E-state index in [1.807, 2.05) is 0 Å². The Morgan fingerprint density at radius 3 is 2.33 bits per heavy atom. The summed E-state index contributed by atoms with van der Waals surface area (Å²) in [6, 6.07) is 8.47. The number of rotatable bonds is 7. The highest BCUT2D eigenvalue weighted by atomic mass is 35.5. The number of halogens is 2. The van der Waals surface area contributed by atoms with Crippen LogP contribution in [-0.2, 0) is 0 Å². The minimum absolute atomic E-state index is 0.0539. The van der Waals surface area contributed by atoms with E-state index in [0.717, 1.165) is 0 Å². The summed E-state index contributed by atoms with van der Waals surface area (Å²) >= 11 is 12.4. The summed E-state index contributed by atoms with van der Waals surface area (Å²) < 4.78 is 15.5. The number of aromatic amines is 1. The van der Waals surface area contributed by atoms with E-state index in [1.54, 1.807) is 37.4 Å². The van der Waals surface area contributed by atoms with Gasteiger partial charge in [-0.3, -0.25) is 9.78 Å². The maximum Gasteiger partial charge on any atom is 0.279 e. The molecule has 0 spiro atoms. The van der Waals surface area contributed by atoms with Crippen LogP contribution in [0.25, 0.3) is 11.3 Å². The first-order valence-electron chi connectivity index (χ1n) is 8.49. The zero-order valence-corrected chi connectivity index (χ0v) is 17.7. The number of H-pyrrole nitrogens is 1. The average Bonchev–Trinajstić information content (AvgIpc) is 2.74. The molecule has 0 bridgehead atoms. The molecule has 0 amide bonds. The molecule has 9 nitrogen and oxygen atoms in total. The van der Waals surface area contributed by atoms with Crippen LogP contribution < -0.4 is 25.2 Å². The van der Waals surface area contributed by atoms with Crippen LogP contribution in [0, 0.1) is 0 Å². The molecule has 0 radical (unpaired) electrons. The van der Waals surface area contributed by atoms with Crippen molar-refractivity contribution in [3.63, 3.8) is 0 Å². The van der Waals surface area contributed by atoms with Crippen molar-refractivity contribution in [3.8, 4) is 28.5 Å². The van der Waals surface area contributed by atoms with Crippen molar-refractivity contribution in [2.24, 2.45) is 5.10 Å². The summed E-state index contributed by atoms with van der Waals surface area (Å²) in [5, 5.41) is 12.4. The zero-order chi connectivity index (χ0) is 21.7. The van der Waals surface area contributed by atoms with Gasteiger partial charge < -0.3 is 14.2 Å². The molecule has 30 heavy (non-hydrogen) atoms. The van der Waals surface area contributed by atoms with Gasteiger partial charge in [0.1, 0.15) is 16.5 Å². The molecule has 0 aliphatic heterocycles. The largest absolute Gasteiger partial charge is 0.497 e. The van der Waals surface area contributed by atoms with Gasteiger partial charge in [0, 0.05) is 11.1 Å². The summed E-state index contributed by atoms with van der Waals surface area (Å²) in [7, 11) is 4.47. The second-order valence-electron chi connectivity index (χ2n) is 5.78. The minimum Gasteiger partial charge on any atom is -0.497 e. The molecular weight excluding hydrogens is 433 g/mol. The molecule has 0 atom stereocenters. The summed E-state index contributed by atoms with van der Waals surface area (Å²) in [6.07, 6.45) is 1.41. The highest BCUT2D eigenvalue weighted by Gasteiger charge is 2.16. The molecule has 2 aromatic carbocycles. The molecule has 0 saturated heterocycles.